The topological polar surface area (TPSA) is 67.5 Å². The number of benzene rings is 2. The Kier molecular flexibility index (Phi) is 4.67. The number of halogens is 3. The molecule has 0 saturated heterocycles. The van der Waals surface area contributed by atoms with Crippen LogP contribution in [0, 0.1) is 10.1 Å². The zero-order valence-electron chi connectivity index (χ0n) is 12.2. The molecule has 24 heavy (non-hydrogen) atoms. The average molecular weight is 385 g/mol. The number of anilines is 1. The van der Waals surface area contributed by atoms with E-state index in [2.05, 4.69) is 10.3 Å². The van der Waals surface area contributed by atoms with Crippen molar-refractivity contribution in [1.29, 1.82) is 0 Å². The minimum Gasteiger partial charge on any atom is -0.376 e. The first-order chi connectivity index (χ1) is 11.3. The van der Waals surface area contributed by atoms with Crippen LogP contribution in [-0.4, -0.2) is 20.5 Å². The number of rotatable bonds is 2. The highest BCUT2D eigenvalue weighted by Gasteiger charge is 2.35. The summed E-state index contributed by atoms with van der Waals surface area (Å²) in [5.74, 6) is 0. The number of hydrogen-bond acceptors (Lipinski definition) is 4. The van der Waals surface area contributed by atoms with Crippen molar-refractivity contribution >= 4 is 57.6 Å². The van der Waals surface area contributed by atoms with E-state index in [0.717, 1.165) is 16.9 Å². The van der Waals surface area contributed by atoms with E-state index in [1.165, 1.54) is 12.1 Å². The number of non-ortho nitro benzene ring substituents is 1. The third kappa shape index (κ3) is 3.64. The van der Waals surface area contributed by atoms with Gasteiger partial charge in [0.1, 0.15) is 0 Å². The van der Waals surface area contributed by atoms with Crippen LogP contribution >= 0.6 is 34.8 Å². The maximum atomic E-state index is 10.8. The SMILES string of the molecule is O=[N+]([O-])c1ccc(C2=Nc3ccccc3N[C@H](C(Cl)(Cl)Cl)C2)cc1. The molecule has 1 heterocycles. The van der Waals surface area contributed by atoms with Crippen LogP contribution in [0.5, 0.6) is 0 Å². The van der Waals surface area contributed by atoms with Crippen LogP contribution < -0.4 is 5.32 Å². The van der Waals surface area contributed by atoms with Crippen molar-refractivity contribution in [3.8, 4) is 0 Å². The lowest BCUT2D eigenvalue weighted by Crippen LogP contribution is -2.35. The molecule has 8 heteroatoms. The van der Waals surface area contributed by atoms with Crippen molar-refractivity contribution in [2.45, 2.75) is 16.3 Å². The van der Waals surface area contributed by atoms with Crippen LogP contribution in [0.25, 0.3) is 0 Å². The fraction of sp³-hybridized carbons (Fsp3) is 0.188. The number of para-hydroxylation sites is 2. The Bertz CT molecular complexity index is 801. The molecule has 0 saturated carbocycles. The molecule has 0 radical (unpaired) electrons. The molecule has 0 fully saturated rings. The van der Waals surface area contributed by atoms with Gasteiger partial charge in [0.05, 0.1) is 28.1 Å². The van der Waals surface area contributed by atoms with E-state index < -0.39 is 14.8 Å². The molecule has 0 unspecified atom stereocenters. The Morgan fingerprint density at radius 2 is 1.79 bits per heavy atom. The molecule has 5 nitrogen and oxygen atoms in total. The summed E-state index contributed by atoms with van der Waals surface area (Å²) in [6.45, 7) is 0. The summed E-state index contributed by atoms with van der Waals surface area (Å²) in [6.07, 6.45) is 0.364. The molecule has 1 atom stereocenters. The number of fused-ring (bicyclic) bond motifs is 1. The van der Waals surface area contributed by atoms with Gasteiger partial charge in [-0.15, -0.1) is 0 Å². The van der Waals surface area contributed by atoms with E-state index in [4.69, 9.17) is 34.8 Å². The summed E-state index contributed by atoms with van der Waals surface area (Å²) in [5.41, 5.74) is 2.95. The van der Waals surface area contributed by atoms with Gasteiger partial charge in [0.25, 0.3) is 5.69 Å². The van der Waals surface area contributed by atoms with E-state index in [-0.39, 0.29) is 5.69 Å². The smallest absolute Gasteiger partial charge is 0.269 e. The van der Waals surface area contributed by atoms with Gasteiger partial charge in [-0.1, -0.05) is 46.9 Å². The first-order valence-corrected chi connectivity index (χ1v) is 8.22. The zero-order valence-corrected chi connectivity index (χ0v) is 14.5. The zero-order chi connectivity index (χ0) is 17.3. The highest BCUT2D eigenvalue weighted by Crippen LogP contribution is 2.39. The van der Waals surface area contributed by atoms with Gasteiger partial charge >= 0.3 is 0 Å². The quantitative estimate of drug-likeness (QED) is 0.436. The van der Waals surface area contributed by atoms with Crippen molar-refractivity contribution in [3.63, 3.8) is 0 Å². The van der Waals surface area contributed by atoms with E-state index in [0.29, 0.717) is 12.1 Å². The lowest BCUT2D eigenvalue weighted by Gasteiger charge is -2.25. The number of nitrogens with zero attached hydrogens (tertiary/aromatic N) is 2. The minimum absolute atomic E-state index is 0.0180. The average Bonchev–Trinajstić information content (AvgIpc) is 2.74. The van der Waals surface area contributed by atoms with Crippen LogP contribution in [0.4, 0.5) is 17.1 Å². The second kappa shape index (κ2) is 6.59. The molecule has 0 aromatic heterocycles. The monoisotopic (exact) mass is 383 g/mol. The van der Waals surface area contributed by atoms with Crippen LogP contribution in [0.15, 0.2) is 53.5 Å². The summed E-state index contributed by atoms with van der Waals surface area (Å²) >= 11 is 18.3. The van der Waals surface area contributed by atoms with Gasteiger partial charge < -0.3 is 5.32 Å². The largest absolute Gasteiger partial charge is 0.376 e. The molecule has 1 aliphatic rings. The van der Waals surface area contributed by atoms with E-state index >= 15 is 0 Å². The third-order valence-electron chi connectivity index (χ3n) is 3.69. The molecule has 3 rings (SSSR count). The summed E-state index contributed by atoms with van der Waals surface area (Å²) in [6, 6.07) is 13.1. The lowest BCUT2D eigenvalue weighted by molar-refractivity contribution is -0.384. The fourth-order valence-electron chi connectivity index (χ4n) is 2.47. The third-order valence-corrected chi connectivity index (χ3v) is 4.48. The maximum absolute atomic E-state index is 10.8. The Labute approximate surface area is 153 Å². The predicted molar refractivity (Wildman–Crippen MR) is 98.1 cm³/mol. The Balaban J connectivity index is 2.04. The first-order valence-electron chi connectivity index (χ1n) is 7.09. The highest BCUT2D eigenvalue weighted by atomic mass is 35.6. The molecule has 0 aliphatic carbocycles. The van der Waals surface area contributed by atoms with Crippen LogP contribution in [0.1, 0.15) is 12.0 Å². The molecule has 1 N–H and O–H groups in total. The normalized spacial score (nSPS) is 17.3. The molecule has 0 spiro atoms. The predicted octanol–water partition coefficient (Wildman–Crippen LogP) is 5.27. The fourth-order valence-corrected chi connectivity index (χ4v) is 2.87. The van der Waals surface area contributed by atoms with Crippen molar-refractivity contribution < 1.29 is 4.92 Å². The lowest BCUT2D eigenvalue weighted by atomic mass is 10.0. The summed E-state index contributed by atoms with van der Waals surface area (Å²) in [4.78, 5) is 15.0. The minimum atomic E-state index is -1.53. The molecular weight excluding hydrogens is 373 g/mol. The van der Waals surface area contributed by atoms with Gasteiger partial charge in [0.15, 0.2) is 0 Å². The van der Waals surface area contributed by atoms with Crippen molar-refractivity contribution in [1.82, 2.24) is 0 Å². The maximum Gasteiger partial charge on any atom is 0.269 e. The van der Waals surface area contributed by atoms with E-state index in [1.54, 1.807) is 12.1 Å². The van der Waals surface area contributed by atoms with E-state index in [1.807, 2.05) is 24.3 Å². The summed E-state index contributed by atoms with van der Waals surface area (Å²) in [7, 11) is 0. The van der Waals surface area contributed by atoms with Crippen LogP contribution in [0.2, 0.25) is 0 Å². The van der Waals surface area contributed by atoms with Gasteiger partial charge in [0.2, 0.25) is 3.79 Å². The van der Waals surface area contributed by atoms with Gasteiger partial charge in [-0.3, -0.25) is 15.1 Å². The Morgan fingerprint density at radius 1 is 1.12 bits per heavy atom. The number of hydrogen-bond donors (Lipinski definition) is 1. The molecule has 0 bridgehead atoms. The molecule has 2 aromatic rings. The number of alkyl halides is 3. The Morgan fingerprint density at radius 3 is 2.42 bits per heavy atom. The molecule has 2 aromatic carbocycles. The standard InChI is InChI=1S/C16H12Cl3N3O2/c17-16(18,19)15-9-14(10-5-7-11(8-6-10)22(23)24)20-12-3-1-2-4-13(12)21-15/h1-8,15,21H,9H2/t15-/m0/s1. The number of nitro benzene ring substituents is 1. The highest BCUT2D eigenvalue weighted by molar-refractivity contribution is 6.68. The van der Waals surface area contributed by atoms with Gasteiger partial charge in [0, 0.05) is 18.6 Å². The van der Waals surface area contributed by atoms with Gasteiger partial charge in [-0.25, -0.2) is 0 Å². The summed E-state index contributed by atoms with van der Waals surface area (Å²) in [5, 5.41) is 14.0. The van der Waals surface area contributed by atoms with Gasteiger partial charge in [-0.2, -0.15) is 0 Å². The van der Waals surface area contributed by atoms with E-state index in [9.17, 15) is 10.1 Å². The molecule has 0 amide bonds. The van der Waals surface area contributed by atoms with Crippen molar-refractivity contribution in [3.05, 3.63) is 64.2 Å². The second-order valence-electron chi connectivity index (χ2n) is 5.32. The van der Waals surface area contributed by atoms with Crippen molar-refractivity contribution in [2.24, 2.45) is 4.99 Å². The van der Waals surface area contributed by atoms with Crippen LogP contribution in [0.3, 0.4) is 0 Å². The first kappa shape index (κ1) is 17.0. The number of aliphatic imine (C=N–C) groups is 1. The molecule has 124 valence electrons. The second-order valence-corrected chi connectivity index (χ2v) is 7.69. The van der Waals surface area contributed by atoms with Gasteiger partial charge in [-0.05, 0) is 29.8 Å². The number of nitro groups is 1. The Hall–Kier alpha value is -1.82. The van der Waals surface area contributed by atoms with Crippen LogP contribution in [-0.2, 0) is 0 Å². The number of nitrogens with one attached hydrogen (secondary N) is 1. The van der Waals surface area contributed by atoms with Crippen molar-refractivity contribution in [2.75, 3.05) is 5.32 Å². The molecular formula is C16H12Cl3N3O2. The summed E-state index contributed by atoms with van der Waals surface area (Å²) < 4.78 is -1.53. The molecule has 1 aliphatic heterocycles.